The summed E-state index contributed by atoms with van der Waals surface area (Å²) in [6.07, 6.45) is 2.71. The number of anilines is 1. The van der Waals surface area contributed by atoms with Crippen LogP contribution in [0.2, 0.25) is 0 Å². The summed E-state index contributed by atoms with van der Waals surface area (Å²) in [6.45, 7) is -0.151. The van der Waals surface area contributed by atoms with E-state index in [0.717, 1.165) is 5.56 Å². The SMILES string of the molecule is NC(=O)c1cccc2c1C1C(OCC(=O)O)=CC=C(F)C1N2Cc1ccccc1. The second kappa shape index (κ2) is 7.43. The molecule has 0 spiro atoms. The van der Waals surface area contributed by atoms with Gasteiger partial charge < -0.3 is 20.5 Å². The topological polar surface area (TPSA) is 92.9 Å². The number of amides is 1. The van der Waals surface area contributed by atoms with E-state index >= 15 is 4.39 Å². The highest BCUT2D eigenvalue weighted by atomic mass is 19.1. The molecular weight excluding hydrogens is 375 g/mol. The molecule has 29 heavy (non-hydrogen) atoms. The van der Waals surface area contributed by atoms with Crippen LogP contribution in [0.4, 0.5) is 10.1 Å². The first-order valence-corrected chi connectivity index (χ1v) is 9.12. The van der Waals surface area contributed by atoms with Gasteiger partial charge in [0.15, 0.2) is 6.61 Å². The van der Waals surface area contributed by atoms with Crippen molar-refractivity contribution >= 4 is 17.6 Å². The van der Waals surface area contributed by atoms with Crippen molar-refractivity contribution in [1.29, 1.82) is 0 Å². The molecule has 6 nitrogen and oxygen atoms in total. The fourth-order valence-electron chi connectivity index (χ4n) is 4.05. The van der Waals surface area contributed by atoms with E-state index in [1.165, 1.54) is 12.2 Å². The zero-order chi connectivity index (χ0) is 20.5. The van der Waals surface area contributed by atoms with Crippen molar-refractivity contribution < 1.29 is 23.8 Å². The number of carbonyl (C=O) groups excluding carboxylic acids is 1. The van der Waals surface area contributed by atoms with Crippen LogP contribution in [-0.4, -0.2) is 29.6 Å². The average Bonchev–Trinajstić information content (AvgIpc) is 3.03. The molecule has 1 amide bonds. The third-order valence-corrected chi connectivity index (χ3v) is 5.17. The van der Waals surface area contributed by atoms with Crippen molar-refractivity contribution in [1.82, 2.24) is 0 Å². The van der Waals surface area contributed by atoms with Crippen molar-refractivity contribution in [3.8, 4) is 0 Å². The number of allylic oxidation sites excluding steroid dienone is 2. The fourth-order valence-corrected chi connectivity index (χ4v) is 4.05. The minimum absolute atomic E-state index is 0.271. The molecule has 2 aromatic carbocycles. The standard InChI is InChI=1S/C22H19FN2O4/c23-15-9-10-17(29-12-18(26)27)20-19-14(22(24)28)7-4-8-16(19)25(21(15)20)11-13-5-2-1-3-6-13/h1-10,20-21H,11-12H2,(H2,24,28)(H,26,27). The lowest BCUT2D eigenvalue weighted by Crippen LogP contribution is -2.36. The van der Waals surface area contributed by atoms with Crippen LogP contribution in [0.25, 0.3) is 0 Å². The summed E-state index contributed by atoms with van der Waals surface area (Å²) in [7, 11) is 0. The third-order valence-electron chi connectivity index (χ3n) is 5.17. The van der Waals surface area contributed by atoms with Gasteiger partial charge in [-0.15, -0.1) is 0 Å². The van der Waals surface area contributed by atoms with E-state index in [-0.39, 0.29) is 11.4 Å². The molecule has 1 aliphatic carbocycles. The van der Waals surface area contributed by atoms with Crippen molar-refractivity contribution in [3.05, 3.63) is 89.0 Å². The van der Waals surface area contributed by atoms with Gasteiger partial charge in [0.05, 0.1) is 12.0 Å². The largest absolute Gasteiger partial charge is 0.486 e. The van der Waals surface area contributed by atoms with Crippen LogP contribution in [0.15, 0.2) is 72.3 Å². The lowest BCUT2D eigenvalue weighted by atomic mass is 9.86. The summed E-state index contributed by atoms with van der Waals surface area (Å²) < 4.78 is 20.5. The maximum absolute atomic E-state index is 15.0. The maximum Gasteiger partial charge on any atom is 0.341 e. The van der Waals surface area contributed by atoms with Gasteiger partial charge in [0.2, 0.25) is 5.91 Å². The van der Waals surface area contributed by atoms with Crippen LogP contribution in [0.3, 0.4) is 0 Å². The van der Waals surface area contributed by atoms with Crippen LogP contribution >= 0.6 is 0 Å². The quantitative estimate of drug-likeness (QED) is 0.785. The van der Waals surface area contributed by atoms with Crippen LogP contribution in [0.1, 0.15) is 27.4 Å². The Labute approximate surface area is 166 Å². The first-order chi connectivity index (χ1) is 14.0. The van der Waals surface area contributed by atoms with Gasteiger partial charge >= 0.3 is 5.97 Å². The summed E-state index contributed by atoms with van der Waals surface area (Å²) in [5.41, 5.74) is 8.06. The highest BCUT2D eigenvalue weighted by molar-refractivity contribution is 5.97. The van der Waals surface area contributed by atoms with Gasteiger partial charge in [0, 0.05) is 23.4 Å². The summed E-state index contributed by atoms with van der Waals surface area (Å²) >= 11 is 0. The van der Waals surface area contributed by atoms with Gasteiger partial charge in [-0.1, -0.05) is 36.4 Å². The Hall–Kier alpha value is -3.61. The summed E-state index contributed by atoms with van der Waals surface area (Å²) in [6, 6.07) is 13.9. The number of ether oxygens (including phenoxy) is 1. The molecule has 2 atom stereocenters. The molecule has 148 valence electrons. The highest BCUT2D eigenvalue weighted by Crippen LogP contribution is 2.51. The summed E-state index contributed by atoms with van der Waals surface area (Å²) in [5.74, 6) is -2.53. The van der Waals surface area contributed by atoms with Gasteiger partial charge in [-0.2, -0.15) is 0 Å². The summed E-state index contributed by atoms with van der Waals surface area (Å²) in [4.78, 5) is 25.0. The highest BCUT2D eigenvalue weighted by Gasteiger charge is 2.47. The molecule has 2 aromatic rings. The third kappa shape index (κ3) is 3.35. The Balaban J connectivity index is 1.83. The molecule has 0 saturated heterocycles. The smallest absolute Gasteiger partial charge is 0.341 e. The number of nitrogens with two attached hydrogens (primary N) is 1. The van der Waals surface area contributed by atoms with Crippen LogP contribution in [-0.2, 0) is 16.1 Å². The number of nitrogens with zero attached hydrogens (tertiary/aromatic N) is 1. The van der Waals surface area contributed by atoms with E-state index in [9.17, 15) is 9.59 Å². The Kier molecular flexibility index (Phi) is 4.80. The minimum Gasteiger partial charge on any atom is -0.486 e. The normalized spacial score (nSPS) is 19.7. The Bertz CT molecular complexity index is 1030. The van der Waals surface area contributed by atoms with Crippen LogP contribution in [0.5, 0.6) is 0 Å². The number of hydrogen-bond donors (Lipinski definition) is 2. The lowest BCUT2D eigenvalue weighted by Gasteiger charge is -2.32. The van der Waals surface area contributed by atoms with Crippen molar-refractivity contribution in [2.24, 2.45) is 5.73 Å². The van der Waals surface area contributed by atoms with Crippen LogP contribution < -0.4 is 10.6 Å². The van der Waals surface area contributed by atoms with Crippen molar-refractivity contribution in [2.75, 3.05) is 11.5 Å². The predicted molar refractivity (Wildman–Crippen MR) is 105 cm³/mol. The molecule has 0 bridgehead atoms. The van der Waals surface area contributed by atoms with Gasteiger partial charge in [0.25, 0.3) is 0 Å². The fraction of sp³-hybridized carbons (Fsp3) is 0.182. The molecule has 1 aliphatic heterocycles. The number of rotatable bonds is 6. The van der Waals surface area contributed by atoms with Gasteiger partial charge in [-0.25, -0.2) is 9.18 Å². The number of carboxylic acids is 1. The van der Waals surface area contributed by atoms with E-state index in [4.69, 9.17) is 15.6 Å². The summed E-state index contributed by atoms with van der Waals surface area (Å²) in [5, 5.41) is 9.00. The molecule has 2 aliphatic rings. The first kappa shape index (κ1) is 18.7. The second-order valence-corrected chi connectivity index (χ2v) is 6.94. The van der Waals surface area contributed by atoms with E-state index in [1.54, 1.807) is 12.1 Å². The molecule has 3 N–H and O–H groups in total. The number of aliphatic carboxylic acids is 1. The molecule has 7 heteroatoms. The number of halogens is 1. The minimum atomic E-state index is -1.14. The van der Waals surface area contributed by atoms with Gasteiger partial charge in [0.1, 0.15) is 11.6 Å². The number of fused-ring (bicyclic) bond motifs is 3. The molecular formula is C22H19FN2O4. The molecule has 2 unspecified atom stereocenters. The molecule has 0 fully saturated rings. The molecule has 0 radical (unpaired) electrons. The van der Waals surface area contributed by atoms with E-state index < -0.39 is 30.4 Å². The Morgan fingerprint density at radius 3 is 2.55 bits per heavy atom. The van der Waals surface area contributed by atoms with Gasteiger partial charge in [-0.3, -0.25) is 4.79 Å². The van der Waals surface area contributed by atoms with Crippen molar-refractivity contribution in [2.45, 2.75) is 18.5 Å². The molecule has 0 aromatic heterocycles. The lowest BCUT2D eigenvalue weighted by molar-refractivity contribution is -0.141. The Morgan fingerprint density at radius 2 is 1.86 bits per heavy atom. The zero-order valence-corrected chi connectivity index (χ0v) is 15.4. The van der Waals surface area contributed by atoms with E-state index in [2.05, 4.69) is 0 Å². The number of primary amides is 1. The second-order valence-electron chi connectivity index (χ2n) is 6.94. The maximum atomic E-state index is 15.0. The predicted octanol–water partition coefficient (Wildman–Crippen LogP) is 3.11. The molecule has 0 saturated carbocycles. The monoisotopic (exact) mass is 394 g/mol. The first-order valence-electron chi connectivity index (χ1n) is 9.12. The van der Waals surface area contributed by atoms with Crippen molar-refractivity contribution in [3.63, 3.8) is 0 Å². The Morgan fingerprint density at radius 1 is 1.10 bits per heavy atom. The van der Waals surface area contributed by atoms with Crippen LogP contribution in [0, 0.1) is 0 Å². The number of carbonyl (C=O) groups is 2. The average molecular weight is 394 g/mol. The van der Waals surface area contributed by atoms with Gasteiger partial charge in [-0.05, 0) is 29.8 Å². The zero-order valence-electron chi connectivity index (χ0n) is 15.4. The number of hydrogen-bond acceptors (Lipinski definition) is 4. The van der Waals surface area contributed by atoms with E-state index in [1.807, 2.05) is 41.3 Å². The number of benzene rings is 2. The molecule has 1 heterocycles. The number of carboxylic acid groups (broad SMARTS) is 1. The van der Waals surface area contributed by atoms with E-state index in [0.29, 0.717) is 23.6 Å². The molecule has 4 rings (SSSR count).